The average Bonchev–Trinajstić information content (AvgIpc) is 2.80. The minimum atomic E-state index is -0.530. The predicted molar refractivity (Wildman–Crippen MR) is 74.2 cm³/mol. The molecule has 3 aromatic rings. The highest BCUT2D eigenvalue weighted by atomic mass is 35.5. The van der Waals surface area contributed by atoms with Crippen LogP contribution in [-0.2, 0) is 6.61 Å². The summed E-state index contributed by atoms with van der Waals surface area (Å²) in [6.07, 6.45) is 0. The van der Waals surface area contributed by atoms with Crippen LogP contribution < -0.4 is 10.5 Å². The number of benzene rings is 2. The number of oxazole rings is 1. The van der Waals surface area contributed by atoms with E-state index in [9.17, 15) is 4.39 Å². The molecule has 0 bridgehead atoms. The van der Waals surface area contributed by atoms with E-state index in [1.165, 1.54) is 12.1 Å². The summed E-state index contributed by atoms with van der Waals surface area (Å²) in [5.74, 6) is -0.223. The summed E-state index contributed by atoms with van der Waals surface area (Å²) in [5.41, 5.74) is 7.46. The molecule has 0 aliphatic carbocycles. The summed E-state index contributed by atoms with van der Waals surface area (Å²) in [7, 11) is 0. The second kappa shape index (κ2) is 5.02. The Morgan fingerprint density at radius 1 is 1.30 bits per heavy atom. The lowest BCUT2D eigenvalue weighted by atomic mass is 10.3. The molecule has 0 unspecified atom stereocenters. The first-order chi connectivity index (χ1) is 9.63. The highest BCUT2D eigenvalue weighted by molar-refractivity contribution is 6.32. The predicted octanol–water partition coefficient (Wildman–Crippen LogP) is 3.78. The standard InChI is InChI=1S/C14H10ClFN2O2/c15-9-2-1-3-10(16)14(9)19-7-13-18-11-5-4-8(17)6-12(11)20-13/h1-6H,7,17H2. The zero-order chi connectivity index (χ0) is 14.1. The number of para-hydroxylation sites is 1. The highest BCUT2D eigenvalue weighted by Gasteiger charge is 2.11. The lowest BCUT2D eigenvalue weighted by Gasteiger charge is -2.06. The van der Waals surface area contributed by atoms with Crippen molar-refractivity contribution in [1.82, 2.24) is 4.98 Å². The van der Waals surface area contributed by atoms with E-state index < -0.39 is 5.82 Å². The van der Waals surface area contributed by atoms with E-state index in [4.69, 9.17) is 26.5 Å². The monoisotopic (exact) mass is 292 g/mol. The second-order valence-electron chi connectivity index (χ2n) is 4.17. The maximum Gasteiger partial charge on any atom is 0.233 e. The van der Waals surface area contributed by atoms with E-state index >= 15 is 0 Å². The summed E-state index contributed by atoms with van der Waals surface area (Å²) in [6.45, 7) is -0.0186. The van der Waals surface area contributed by atoms with Crippen molar-refractivity contribution >= 4 is 28.4 Å². The third-order valence-corrected chi connectivity index (χ3v) is 3.01. The number of ether oxygens (including phenoxy) is 1. The molecule has 0 radical (unpaired) electrons. The number of nitrogen functional groups attached to an aromatic ring is 1. The number of nitrogens with zero attached hydrogens (tertiary/aromatic N) is 1. The van der Waals surface area contributed by atoms with Crippen LogP contribution in [-0.4, -0.2) is 4.98 Å². The minimum Gasteiger partial charge on any atom is -0.479 e. The van der Waals surface area contributed by atoms with E-state index in [2.05, 4.69) is 4.98 Å². The van der Waals surface area contributed by atoms with Crippen LogP contribution in [0.25, 0.3) is 11.1 Å². The molecular formula is C14H10ClFN2O2. The van der Waals surface area contributed by atoms with Crippen molar-refractivity contribution in [1.29, 1.82) is 0 Å². The van der Waals surface area contributed by atoms with E-state index in [0.717, 1.165) is 0 Å². The van der Waals surface area contributed by atoms with Crippen molar-refractivity contribution in [3.63, 3.8) is 0 Å². The van der Waals surface area contributed by atoms with Crippen LogP contribution >= 0.6 is 11.6 Å². The van der Waals surface area contributed by atoms with Gasteiger partial charge in [0.05, 0.1) is 5.02 Å². The van der Waals surface area contributed by atoms with Gasteiger partial charge in [0.25, 0.3) is 0 Å². The summed E-state index contributed by atoms with van der Waals surface area (Å²) in [5, 5.41) is 0.199. The van der Waals surface area contributed by atoms with Gasteiger partial charge in [-0.25, -0.2) is 9.37 Å². The molecule has 0 amide bonds. The summed E-state index contributed by atoms with van der Waals surface area (Å²) >= 11 is 5.86. The third-order valence-electron chi connectivity index (χ3n) is 2.72. The molecule has 0 aliphatic rings. The van der Waals surface area contributed by atoms with Gasteiger partial charge in [-0.15, -0.1) is 0 Å². The van der Waals surface area contributed by atoms with Crippen molar-refractivity contribution in [3.05, 3.63) is 53.1 Å². The molecule has 0 saturated carbocycles. The van der Waals surface area contributed by atoms with E-state index in [1.807, 2.05) is 0 Å². The Balaban J connectivity index is 1.83. The van der Waals surface area contributed by atoms with Gasteiger partial charge in [0.15, 0.2) is 23.8 Å². The van der Waals surface area contributed by atoms with Crippen LogP contribution in [0.15, 0.2) is 40.8 Å². The molecule has 20 heavy (non-hydrogen) atoms. The Labute approximate surface area is 118 Å². The molecule has 0 spiro atoms. The quantitative estimate of drug-likeness (QED) is 0.746. The summed E-state index contributed by atoms with van der Waals surface area (Å²) in [6, 6.07) is 9.46. The maximum atomic E-state index is 13.5. The Bertz CT molecular complexity index is 753. The topological polar surface area (TPSA) is 61.3 Å². The van der Waals surface area contributed by atoms with Crippen LogP contribution in [0, 0.1) is 5.82 Å². The first-order valence-corrected chi connectivity index (χ1v) is 6.23. The largest absolute Gasteiger partial charge is 0.479 e. The molecule has 6 heteroatoms. The van der Waals surface area contributed by atoms with E-state index in [-0.39, 0.29) is 17.4 Å². The van der Waals surface area contributed by atoms with Crippen LogP contribution in [0.4, 0.5) is 10.1 Å². The number of anilines is 1. The van der Waals surface area contributed by atoms with E-state index in [1.54, 1.807) is 24.3 Å². The fraction of sp³-hybridized carbons (Fsp3) is 0.0714. The van der Waals surface area contributed by atoms with Gasteiger partial charge in [0.1, 0.15) is 5.52 Å². The van der Waals surface area contributed by atoms with Crippen molar-refractivity contribution in [2.75, 3.05) is 5.73 Å². The number of hydrogen-bond acceptors (Lipinski definition) is 4. The second-order valence-corrected chi connectivity index (χ2v) is 4.58. The molecule has 1 aromatic heterocycles. The van der Waals surface area contributed by atoms with Crippen molar-refractivity contribution in [2.45, 2.75) is 6.61 Å². The number of rotatable bonds is 3. The van der Waals surface area contributed by atoms with Crippen LogP contribution in [0.1, 0.15) is 5.89 Å². The number of aromatic nitrogens is 1. The average molecular weight is 293 g/mol. The molecule has 0 aliphatic heterocycles. The van der Waals surface area contributed by atoms with Gasteiger partial charge in [0.2, 0.25) is 5.89 Å². The maximum absolute atomic E-state index is 13.5. The lowest BCUT2D eigenvalue weighted by molar-refractivity contribution is 0.256. The van der Waals surface area contributed by atoms with Gasteiger partial charge in [-0.3, -0.25) is 0 Å². The normalized spacial score (nSPS) is 10.9. The molecule has 2 aromatic carbocycles. The lowest BCUT2D eigenvalue weighted by Crippen LogP contribution is -1.98. The summed E-state index contributed by atoms with van der Waals surface area (Å²) in [4.78, 5) is 4.22. The Morgan fingerprint density at radius 2 is 2.15 bits per heavy atom. The van der Waals surface area contributed by atoms with Crippen LogP contribution in [0.5, 0.6) is 5.75 Å². The molecule has 1 heterocycles. The Morgan fingerprint density at radius 3 is 2.95 bits per heavy atom. The molecule has 102 valence electrons. The number of halogens is 2. The fourth-order valence-corrected chi connectivity index (χ4v) is 2.02. The SMILES string of the molecule is Nc1ccc2nc(COc3c(F)cccc3Cl)oc2c1. The smallest absolute Gasteiger partial charge is 0.233 e. The molecule has 2 N–H and O–H groups in total. The van der Waals surface area contributed by atoms with Crippen molar-refractivity contribution in [3.8, 4) is 5.75 Å². The number of fused-ring (bicyclic) bond motifs is 1. The third kappa shape index (κ3) is 2.40. The highest BCUT2D eigenvalue weighted by Crippen LogP contribution is 2.28. The van der Waals surface area contributed by atoms with Gasteiger partial charge >= 0.3 is 0 Å². The van der Waals surface area contributed by atoms with Gasteiger partial charge in [0, 0.05) is 11.8 Å². The zero-order valence-corrected chi connectivity index (χ0v) is 11.0. The molecule has 0 fully saturated rings. The first-order valence-electron chi connectivity index (χ1n) is 5.85. The zero-order valence-electron chi connectivity index (χ0n) is 10.3. The molecule has 0 saturated heterocycles. The van der Waals surface area contributed by atoms with Gasteiger partial charge in [-0.2, -0.15) is 0 Å². The Kier molecular flexibility index (Phi) is 3.20. The van der Waals surface area contributed by atoms with Gasteiger partial charge < -0.3 is 14.9 Å². The number of nitrogens with two attached hydrogens (primary N) is 1. The number of hydrogen-bond donors (Lipinski definition) is 1. The van der Waals surface area contributed by atoms with Gasteiger partial charge in [-0.05, 0) is 24.3 Å². The minimum absolute atomic E-state index is 0.0177. The van der Waals surface area contributed by atoms with E-state index in [0.29, 0.717) is 22.7 Å². The van der Waals surface area contributed by atoms with Crippen LogP contribution in [0.2, 0.25) is 5.02 Å². The first kappa shape index (κ1) is 12.7. The molecule has 0 atom stereocenters. The summed E-state index contributed by atoms with van der Waals surface area (Å²) < 4.78 is 24.3. The van der Waals surface area contributed by atoms with Gasteiger partial charge in [-0.1, -0.05) is 17.7 Å². The van der Waals surface area contributed by atoms with Crippen molar-refractivity contribution in [2.24, 2.45) is 0 Å². The van der Waals surface area contributed by atoms with Crippen molar-refractivity contribution < 1.29 is 13.5 Å². The molecule has 4 nitrogen and oxygen atoms in total. The molecular weight excluding hydrogens is 283 g/mol. The van der Waals surface area contributed by atoms with Crippen LogP contribution in [0.3, 0.4) is 0 Å². The fourth-order valence-electron chi connectivity index (χ4n) is 1.80. The molecule has 3 rings (SSSR count). The Hall–Kier alpha value is -2.27.